The second-order valence-corrected chi connectivity index (χ2v) is 5.15. The van der Waals surface area contributed by atoms with Crippen molar-refractivity contribution in [2.75, 3.05) is 12.5 Å². The lowest BCUT2D eigenvalue weighted by Gasteiger charge is -2.10. The number of nitrogens with one attached hydrogen (secondary N) is 1. The molecule has 2 aromatic rings. The van der Waals surface area contributed by atoms with Crippen LogP contribution in [0.3, 0.4) is 0 Å². The van der Waals surface area contributed by atoms with E-state index in [4.69, 9.17) is 26.9 Å². The van der Waals surface area contributed by atoms with Crippen LogP contribution in [0.15, 0.2) is 22.7 Å². The van der Waals surface area contributed by atoms with Gasteiger partial charge in [0.25, 0.3) is 0 Å². The van der Waals surface area contributed by atoms with E-state index in [-0.39, 0.29) is 23.3 Å². The quantitative estimate of drug-likeness (QED) is 0.473. The number of ether oxygens (including phenoxy) is 2. The van der Waals surface area contributed by atoms with Crippen LogP contribution in [0, 0.1) is 5.82 Å². The van der Waals surface area contributed by atoms with Crippen LogP contribution in [-0.4, -0.2) is 17.1 Å². The van der Waals surface area contributed by atoms with Gasteiger partial charge in [-0.1, -0.05) is 11.6 Å². The van der Waals surface area contributed by atoms with Gasteiger partial charge in [0.05, 0.1) is 9.50 Å². The Hall–Kier alpha value is -1.48. The largest absolute Gasteiger partial charge is 0.438 e. The van der Waals surface area contributed by atoms with Crippen molar-refractivity contribution in [2.24, 2.45) is 5.84 Å². The lowest BCUT2D eigenvalue weighted by molar-refractivity contribution is 0.177. The van der Waals surface area contributed by atoms with E-state index in [0.717, 1.165) is 6.07 Å². The standard InChI is InChI=1S/C12H11BrClFN4O2/c1-20-5-11-17-10(19-16)4-12(18-11)21-9-3-8(15)7(14)2-6(9)13/h2-4H,5,16H2,1H3,(H,17,18,19). The van der Waals surface area contributed by atoms with Crippen molar-refractivity contribution in [3.63, 3.8) is 0 Å². The third kappa shape index (κ3) is 4.01. The molecule has 0 radical (unpaired) electrons. The fraction of sp³-hybridized carbons (Fsp3) is 0.167. The van der Waals surface area contributed by atoms with E-state index in [1.807, 2.05) is 0 Å². The average Bonchev–Trinajstić information content (AvgIpc) is 2.45. The predicted octanol–water partition coefficient (Wildman–Crippen LogP) is 3.26. The Kier molecular flexibility index (Phi) is 5.29. The van der Waals surface area contributed by atoms with Gasteiger partial charge in [-0.3, -0.25) is 0 Å². The maximum Gasteiger partial charge on any atom is 0.224 e. The van der Waals surface area contributed by atoms with Crippen LogP contribution in [0.5, 0.6) is 11.6 Å². The van der Waals surface area contributed by atoms with E-state index in [0.29, 0.717) is 16.1 Å². The number of benzene rings is 1. The number of hydrogen-bond acceptors (Lipinski definition) is 6. The van der Waals surface area contributed by atoms with Crippen LogP contribution in [0.25, 0.3) is 0 Å². The van der Waals surface area contributed by atoms with Crippen LogP contribution >= 0.6 is 27.5 Å². The fourth-order valence-corrected chi connectivity index (χ4v) is 2.21. The molecule has 2 rings (SSSR count). The first-order valence-electron chi connectivity index (χ1n) is 5.69. The van der Waals surface area contributed by atoms with E-state index in [1.54, 1.807) is 0 Å². The molecule has 3 N–H and O–H groups in total. The highest BCUT2D eigenvalue weighted by Crippen LogP contribution is 2.33. The molecule has 0 aliphatic heterocycles. The molecule has 0 bridgehead atoms. The predicted molar refractivity (Wildman–Crippen MR) is 79.7 cm³/mol. The zero-order valence-electron chi connectivity index (χ0n) is 10.9. The molecule has 0 aliphatic rings. The number of halogens is 3. The van der Waals surface area contributed by atoms with Gasteiger partial charge in [0, 0.05) is 19.2 Å². The van der Waals surface area contributed by atoms with Gasteiger partial charge in [-0.05, 0) is 22.0 Å². The number of hydrogen-bond donors (Lipinski definition) is 2. The summed E-state index contributed by atoms with van der Waals surface area (Å²) in [7, 11) is 1.51. The molecule has 0 spiro atoms. The summed E-state index contributed by atoms with van der Waals surface area (Å²) in [5.41, 5.74) is 2.39. The molecular formula is C12H11BrClFN4O2. The number of methoxy groups -OCH3 is 1. The van der Waals surface area contributed by atoms with Crippen molar-refractivity contribution in [1.82, 2.24) is 9.97 Å². The second-order valence-electron chi connectivity index (χ2n) is 3.88. The number of nitrogens with zero attached hydrogens (tertiary/aromatic N) is 2. The Balaban J connectivity index is 2.34. The minimum atomic E-state index is -0.599. The highest BCUT2D eigenvalue weighted by atomic mass is 79.9. The van der Waals surface area contributed by atoms with Gasteiger partial charge >= 0.3 is 0 Å². The minimum absolute atomic E-state index is 0.0127. The molecule has 1 aromatic heterocycles. The van der Waals surface area contributed by atoms with Gasteiger partial charge in [-0.2, -0.15) is 4.98 Å². The minimum Gasteiger partial charge on any atom is -0.438 e. The molecule has 1 aromatic carbocycles. The molecule has 9 heteroatoms. The molecule has 112 valence electrons. The van der Waals surface area contributed by atoms with Gasteiger partial charge < -0.3 is 14.9 Å². The van der Waals surface area contributed by atoms with E-state index in [1.165, 1.54) is 19.2 Å². The summed E-state index contributed by atoms with van der Waals surface area (Å²) < 4.78 is 24.5. The molecule has 1 heterocycles. The first kappa shape index (κ1) is 15.9. The second kappa shape index (κ2) is 6.99. The maximum absolute atomic E-state index is 13.5. The lowest BCUT2D eigenvalue weighted by atomic mass is 10.3. The van der Waals surface area contributed by atoms with Crippen LogP contribution in [0.2, 0.25) is 5.02 Å². The number of nitrogen functional groups attached to an aromatic ring is 1. The smallest absolute Gasteiger partial charge is 0.224 e. The number of rotatable bonds is 5. The summed E-state index contributed by atoms with van der Waals surface area (Å²) in [6.45, 7) is 0.183. The molecule has 0 amide bonds. The van der Waals surface area contributed by atoms with Crippen molar-refractivity contribution < 1.29 is 13.9 Å². The third-order valence-electron chi connectivity index (χ3n) is 2.36. The highest BCUT2D eigenvalue weighted by Gasteiger charge is 2.11. The summed E-state index contributed by atoms with van der Waals surface area (Å²) in [5, 5.41) is -0.0127. The van der Waals surface area contributed by atoms with Gasteiger partial charge in [-0.25, -0.2) is 15.2 Å². The first-order valence-corrected chi connectivity index (χ1v) is 6.86. The van der Waals surface area contributed by atoms with E-state index in [9.17, 15) is 4.39 Å². The van der Waals surface area contributed by atoms with Crippen molar-refractivity contribution in [3.8, 4) is 11.6 Å². The maximum atomic E-state index is 13.5. The zero-order valence-corrected chi connectivity index (χ0v) is 13.2. The Morgan fingerprint density at radius 1 is 1.38 bits per heavy atom. The SMILES string of the molecule is COCc1nc(NN)cc(Oc2cc(F)c(Cl)cc2Br)n1. The Bertz CT molecular complexity index is 659. The molecule has 0 atom stereocenters. The van der Waals surface area contributed by atoms with E-state index < -0.39 is 5.82 Å². The molecule has 0 unspecified atom stereocenters. The molecular weight excluding hydrogens is 367 g/mol. The van der Waals surface area contributed by atoms with Crippen LogP contribution in [0.4, 0.5) is 10.2 Å². The number of nitrogens with two attached hydrogens (primary N) is 1. The summed E-state index contributed by atoms with van der Waals surface area (Å²) in [6.07, 6.45) is 0. The van der Waals surface area contributed by atoms with Gasteiger partial charge in [0.1, 0.15) is 24.0 Å². The first-order chi connectivity index (χ1) is 10.0. The highest BCUT2D eigenvalue weighted by molar-refractivity contribution is 9.10. The third-order valence-corrected chi connectivity index (χ3v) is 3.27. The Morgan fingerprint density at radius 3 is 2.81 bits per heavy atom. The lowest BCUT2D eigenvalue weighted by Crippen LogP contribution is -2.11. The topological polar surface area (TPSA) is 82.3 Å². The van der Waals surface area contributed by atoms with Crippen molar-refractivity contribution in [2.45, 2.75) is 6.61 Å². The summed E-state index contributed by atoms with van der Waals surface area (Å²) in [6, 6.07) is 4.02. The fourth-order valence-electron chi connectivity index (χ4n) is 1.49. The van der Waals surface area contributed by atoms with Crippen molar-refractivity contribution in [1.29, 1.82) is 0 Å². The number of anilines is 1. The summed E-state index contributed by atoms with van der Waals surface area (Å²) in [5.74, 6) is 5.85. The summed E-state index contributed by atoms with van der Waals surface area (Å²) in [4.78, 5) is 8.21. The van der Waals surface area contributed by atoms with E-state index >= 15 is 0 Å². The van der Waals surface area contributed by atoms with Crippen LogP contribution < -0.4 is 16.0 Å². The molecule has 21 heavy (non-hydrogen) atoms. The van der Waals surface area contributed by atoms with Crippen molar-refractivity contribution in [3.05, 3.63) is 39.3 Å². The van der Waals surface area contributed by atoms with Gasteiger partial charge in [0.2, 0.25) is 5.88 Å². The molecule has 0 aliphatic carbocycles. The van der Waals surface area contributed by atoms with Crippen LogP contribution in [0.1, 0.15) is 5.82 Å². The van der Waals surface area contributed by atoms with Crippen molar-refractivity contribution >= 4 is 33.3 Å². The average molecular weight is 378 g/mol. The molecule has 0 fully saturated rings. The number of aromatic nitrogens is 2. The zero-order chi connectivity index (χ0) is 15.4. The molecule has 6 nitrogen and oxygen atoms in total. The van der Waals surface area contributed by atoms with Gasteiger partial charge in [-0.15, -0.1) is 0 Å². The Labute approximate surface area is 133 Å². The monoisotopic (exact) mass is 376 g/mol. The Morgan fingerprint density at radius 2 is 2.14 bits per heavy atom. The molecule has 0 saturated heterocycles. The number of hydrazine groups is 1. The van der Waals surface area contributed by atoms with Gasteiger partial charge in [0.15, 0.2) is 5.82 Å². The summed E-state index contributed by atoms with van der Waals surface area (Å²) >= 11 is 8.91. The van der Waals surface area contributed by atoms with E-state index in [2.05, 4.69) is 31.3 Å². The van der Waals surface area contributed by atoms with Crippen LogP contribution in [-0.2, 0) is 11.3 Å². The normalized spacial score (nSPS) is 10.5. The molecule has 0 saturated carbocycles.